The van der Waals surface area contributed by atoms with Crippen LogP contribution in [0.5, 0.6) is 0 Å². The lowest BCUT2D eigenvalue weighted by atomic mass is 10.4. The fourth-order valence-electron chi connectivity index (χ4n) is 1.07. The summed E-state index contributed by atoms with van der Waals surface area (Å²) in [4.78, 5) is 4.34. The second-order valence-electron chi connectivity index (χ2n) is 2.66. The van der Waals surface area contributed by atoms with Gasteiger partial charge in [0.1, 0.15) is 0 Å². The first kappa shape index (κ1) is 6.34. The van der Waals surface area contributed by atoms with Gasteiger partial charge in [-0.15, -0.1) is 0 Å². The van der Waals surface area contributed by atoms with Crippen LogP contribution in [0.25, 0.3) is 5.65 Å². The van der Waals surface area contributed by atoms with E-state index < -0.39 is 0 Å². The van der Waals surface area contributed by atoms with E-state index in [0.717, 1.165) is 16.9 Å². The summed E-state index contributed by atoms with van der Waals surface area (Å²) >= 11 is 0. The molecule has 3 nitrogen and oxygen atoms in total. The van der Waals surface area contributed by atoms with Crippen LogP contribution in [-0.2, 0) is 0 Å². The second-order valence-corrected chi connectivity index (χ2v) is 2.66. The van der Waals surface area contributed by atoms with Gasteiger partial charge in [0.05, 0.1) is 6.20 Å². The van der Waals surface area contributed by atoms with Crippen molar-refractivity contribution in [2.75, 3.05) is 0 Å². The van der Waals surface area contributed by atoms with Gasteiger partial charge in [0.2, 0.25) is 0 Å². The molecule has 0 radical (unpaired) electrons. The van der Waals surface area contributed by atoms with Crippen molar-refractivity contribution < 1.29 is 0 Å². The van der Waals surface area contributed by atoms with E-state index in [1.165, 1.54) is 0 Å². The van der Waals surface area contributed by atoms with Gasteiger partial charge in [-0.2, -0.15) is 5.10 Å². The van der Waals surface area contributed by atoms with Crippen LogP contribution in [0.3, 0.4) is 0 Å². The molecule has 0 spiro atoms. The monoisotopic (exact) mass is 147 g/mol. The van der Waals surface area contributed by atoms with Gasteiger partial charge in [-0.3, -0.25) is 0 Å². The zero-order valence-corrected chi connectivity index (χ0v) is 6.57. The maximum absolute atomic E-state index is 4.34. The topological polar surface area (TPSA) is 30.2 Å². The molecule has 0 amide bonds. The van der Waals surface area contributed by atoms with Gasteiger partial charge in [-0.25, -0.2) is 9.50 Å². The van der Waals surface area contributed by atoms with E-state index in [4.69, 9.17) is 0 Å². The van der Waals surface area contributed by atoms with Crippen LogP contribution < -0.4 is 0 Å². The van der Waals surface area contributed by atoms with E-state index in [9.17, 15) is 0 Å². The third kappa shape index (κ3) is 0.888. The summed E-state index contributed by atoms with van der Waals surface area (Å²) in [5.41, 5.74) is 3.10. The number of hydrogen-bond acceptors (Lipinski definition) is 2. The molecule has 0 bridgehead atoms. The van der Waals surface area contributed by atoms with Crippen LogP contribution in [-0.4, -0.2) is 14.6 Å². The quantitative estimate of drug-likeness (QED) is 0.563. The number of nitrogens with zero attached hydrogens (tertiary/aromatic N) is 3. The van der Waals surface area contributed by atoms with Crippen molar-refractivity contribution in [1.29, 1.82) is 0 Å². The van der Waals surface area contributed by atoms with Crippen molar-refractivity contribution in [3.05, 3.63) is 29.7 Å². The summed E-state index contributed by atoms with van der Waals surface area (Å²) in [6.07, 6.45) is 3.74. The minimum absolute atomic E-state index is 0.949. The third-order valence-corrected chi connectivity index (χ3v) is 1.68. The first-order valence-electron chi connectivity index (χ1n) is 3.55. The Kier molecular flexibility index (Phi) is 1.18. The molecule has 0 aliphatic rings. The fourth-order valence-corrected chi connectivity index (χ4v) is 1.07. The highest BCUT2D eigenvalue weighted by molar-refractivity contribution is 5.45. The average Bonchev–Trinajstić information content (AvgIpc) is 2.33. The highest BCUT2D eigenvalue weighted by atomic mass is 15.2. The number of hydrogen-bond donors (Lipinski definition) is 0. The smallest absolute Gasteiger partial charge is 0.158 e. The maximum Gasteiger partial charge on any atom is 0.158 e. The van der Waals surface area contributed by atoms with E-state index in [2.05, 4.69) is 10.1 Å². The molecule has 2 rings (SSSR count). The summed E-state index contributed by atoms with van der Waals surface area (Å²) < 4.78 is 1.78. The highest BCUT2D eigenvalue weighted by Crippen LogP contribution is 2.05. The first-order valence-corrected chi connectivity index (χ1v) is 3.55. The molecular weight excluding hydrogens is 138 g/mol. The number of aryl methyl sites for hydroxylation is 2. The van der Waals surface area contributed by atoms with Crippen LogP contribution >= 0.6 is 0 Å². The predicted molar refractivity (Wildman–Crippen MR) is 42.5 cm³/mol. The van der Waals surface area contributed by atoms with Gasteiger partial charge in [-0.05, 0) is 19.9 Å². The fraction of sp³-hybridized carbons (Fsp3) is 0.250. The van der Waals surface area contributed by atoms with Crippen LogP contribution in [0, 0.1) is 13.8 Å². The van der Waals surface area contributed by atoms with E-state index >= 15 is 0 Å². The number of fused-ring (bicyclic) bond motifs is 1. The Morgan fingerprint density at radius 2 is 2.18 bits per heavy atom. The van der Waals surface area contributed by atoms with Crippen molar-refractivity contribution in [3.63, 3.8) is 0 Å². The Hall–Kier alpha value is -1.38. The van der Waals surface area contributed by atoms with Gasteiger partial charge in [-0.1, -0.05) is 0 Å². The molecule has 2 heterocycles. The lowest BCUT2D eigenvalue weighted by Crippen LogP contribution is -1.90. The van der Waals surface area contributed by atoms with Gasteiger partial charge < -0.3 is 0 Å². The summed E-state index contributed by atoms with van der Waals surface area (Å²) in [6.45, 7) is 3.99. The largest absolute Gasteiger partial charge is 0.234 e. The molecule has 2 aromatic heterocycles. The minimum atomic E-state index is 0.949. The molecule has 0 unspecified atom stereocenters. The Morgan fingerprint density at radius 1 is 1.36 bits per heavy atom. The third-order valence-electron chi connectivity index (χ3n) is 1.68. The molecule has 0 atom stereocenters. The molecular formula is C8H9N3. The molecule has 56 valence electrons. The first-order chi connectivity index (χ1) is 5.27. The lowest BCUT2D eigenvalue weighted by molar-refractivity contribution is 0.929. The SMILES string of the molecule is Cc1ccn2ncc(C)c2n1. The molecule has 2 aromatic rings. The summed E-state index contributed by atoms with van der Waals surface area (Å²) in [6, 6.07) is 1.94. The highest BCUT2D eigenvalue weighted by Gasteiger charge is 1.98. The molecule has 3 heteroatoms. The second kappa shape index (κ2) is 2.05. The van der Waals surface area contributed by atoms with Gasteiger partial charge in [0.25, 0.3) is 0 Å². The molecule has 0 aliphatic carbocycles. The molecule has 0 saturated heterocycles. The Morgan fingerprint density at radius 3 is 3.00 bits per heavy atom. The normalized spacial score (nSPS) is 10.7. The summed E-state index contributed by atoms with van der Waals surface area (Å²) in [5, 5.41) is 4.11. The van der Waals surface area contributed by atoms with Gasteiger partial charge in [0.15, 0.2) is 5.65 Å². The lowest BCUT2D eigenvalue weighted by Gasteiger charge is -1.93. The molecule has 11 heavy (non-hydrogen) atoms. The summed E-state index contributed by atoms with van der Waals surface area (Å²) in [5.74, 6) is 0. The van der Waals surface area contributed by atoms with Crippen molar-refractivity contribution in [2.24, 2.45) is 0 Å². The van der Waals surface area contributed by atoms with Crippen LogP contribution in [0.4, 0.5) is 0 Å². The number of rotatable bonds is 0. The van der Waals surface area contributed by atoms with Crippen molar-refractivity contribution >= 4 is 5.65 Å². The standard InChI is InChI=1S/C8H9N3/c1-6-5-9-11-4-3-7(2)10-8(6)11/h3-5H,1-2H3. The Bertz CT molecular complexity index is 389. The van der Waals surface area contributed by atoms with Crippen LogP contribution in [0.2, 0.25) is 0 Å². The average molecular weight is 147 g/mol. The van der Waals surface area contributed by atoms with Gasteiger partial charge in [0, 0.05) is 17.5 Å². The Labute approximate surface area is 64.7 Å². The molecule has 0 aromatic carbocycles. The molecule has 0 fully saturated rings. The van der Waals surface area contributed by atoms with Crippen molar-refractivity contribution in [3.8, 4) is 0 Å². The summed E-state index contributed by atoms with van der Waals surface area (Å²) in [7, 11) is 0. The van der Waals surface area contributed by atoms with E-state index in [-0.39, 0.29) is 0 Å². The predicted octanol–water partition coefficient (Wildman–Crippen LogP) is 1.35. The van der Waals surface area contributed by atoms with Crippen LogP contribution in [0.1, 0.15) is 11.3 Å². The maximum atomic E-state index is 4.34. The molecule has 0 saturated carbocycles. The van der Waals surface area contributed by atoms with Crippen LogP contribution in [0.15, 0.2) is 18.5 Å². The number of aromatic nitrogens is 3. The van der Waals surface area contributed by atoms with E-state index in [1.54, 1.807) is 4.52 Å². The Balaban J connectivity index is 2.87. The molecule has 0 N–H and O–H groups in total. The molecule has 0 aliphatic heterocycles. The van der Waals surface area contributed by atoms with Gasteiger partial charge >= 0.3 is 0 Å². The van der Waals surface area contributed by atoms with Crippen molar-refractivity contribution in [2.45, 2.75) is 13.8 Å². The zero-order valence-electron chi connectivity index (χ0n) is 6.57. The van der Waals surface area contributed by atoms with E-state index in [0.29, 0.717) is 0 Å². The minimum Gasteiger partial charge on any atom is -0.234 e. The zero-order chi connectivity index (χ0) is 7.84. The van der Waals surface area contributed by atoms with E-state index in [1.807, 2.05) is 32.3 Å². The van der Waals surface area contributed by atoms with Crippen molar-refractivity contribution in [1.82, 2.24) is 14.6 Å².